The molecule has 3 atom stereocenters. The number of carbonyl (C=O) groups excluding carboxylic acids is 3. The van der Waals surface area contributed by atoms with Gasteiger partial charge in [0.2, 0.25) is 11.8 Å². The second kappa shape index (κ2) is 14.5. The molecule has 0 spiro atoms. The van der Waals surface area contributed by atoms with E-state index in [2.05, 4.69) is 37.1 Å². The van der Waals surface area contributed by atoms with E-state index in [9.17, 15) is 19.2 Å². The second-order valence-electron chi connectivity index (χ2n) is 13.1. The number of piperazine rings is 1. The Morgan fingerprint density at radius 1 is 1.02 bits per heavy atom. The number of nitrogens with zero attached hydrogens (tertiary/aromatic N) is 5. The molecule has 14 heteroatoms. The van der Waals surface area contributed by atoms with Crippen molar-refractivity contribution in [1.29, 1.82) is 0 Å². The highest BCUT2D eigenvalue weighted by Gasteiger charge is 2.34. The molecule has 3 N–H and O–H groups in total. The lowest BCUT2D eigenvalue weighted by Crippen LogP contribution is -2.58. The zero-order valence-corrected chi connectivity index (χ0v) is 28.8. The zero-order valence-electron chi connectivity index (χ0n) is 28.8. The van der Waals surface area contributed by atoms with Gasteiger partial charge in [0.1, 0.15) is 29.0 Å². The van der Waals surface area contributed by atoms with Gasteiger partial charge < -0.3 is 20.4 Å². The average molecular weight is 687 g/mol. The van der Waals surface area contributed by atoms with Crippen LogP contribution in [-0.2, 0) is 9.59 Å². The average Bonchev–Trinajstić information content (AvgIpc) is 3.07. The molecule has 1 unspecified atom stereocenters. The van der Waals surface area contributed by atoms with Gasteiger partial charge in [-0.1, -0.05) is 40.3 Å². The number of amides is 3. The number of carbonyl (C=O) groups is 3. The molecule has 12 nitrogen and oxygen atoms in total. The number of anilines is 2. The lowest BCUT2D eigenvalue weighted by Gasteiger charge is -2.44. The molecular formula is C36H40F2N8O4. The van der Waals surface area contributed by atoms with Crippen LogP contribution in [0.4, 0.5) is 20.3 Å². The maximum Gasteiger partial charge on any atom is 0.348 e. The Bertz CT molecular complexity index is 2030. The maximum atomic E-state index is 16.1. The molecule has 50 heavy (non-hydrogen) atoms. The third-order valence-electron chi connectivity index (χ3n) is 8.74. The monoisotopic (exact) mass is 686 g/mol. The van der Waals surface area contributed by atoms with Crippen molar-refractivity contribution in [2.75, 3.05) is 23.3 Å². The molecule has 1 aliphatic heterocycles. The number of benzene rings is 1. The van der Waals surface area contributed by atoms with Crippen molar-refractivity contribution in [3.8, 4) is 11.3 Å². The van der Waals surface area contributed by atoms with Crippen LogP contribution in [0.2, 0.25) is 0 Å². The molecule has 0 saturated carbocycles. The summed E-state index contributed by atoms with van der Waals surface area (Å²) in [5.41, 5.74) is -0.648. The molecule has 1 aliphatic rings. The van der Waals surface area contributed by atoms with Crippen molar-refractivity contribution in [3.05, 3.63) is 88.6 Å². The molecule has 1 saturated heterocycles. The van der Waals surface area contributed by atoms with Crippen LogP contribution in [0, 0.1) is 17.6 Å². The second-order valence-corrected chi connectivity index (χ2v) is 13.1. The first-order valence-electron chi connectivity index (χ1n) is 16.4. The molecule has 3 amide bonds. The van der Waals surface area contributed by atoms with Crippen LogP contribution >= 0.6 is 0 Å². The predicted molar refractivity (Wildman–Crippen MR) is 187 cm³/mol. The van der Waals surface area contributed by atoms with Gasteiger partial charge in [-0.2, -0.15) is 4.98 Å². The van der Waals surface area contributed by atoms with E-state index < -0.39 is 40.9 Å². The topological polar surface area (TPSA) is 153 Å². The molecular weight excluding hydrogens is 646 g/mol. The fourth-order valence-electron chi connectivity index (χ4n) is 6.02. The lowest BCUT2D eigenvalue weighted by molar-refractivity contribution is -0.128. The standard InChI is InChI=1S/C36H40F2N8O4/c1-8-28(47)45-16-21(7)46(17-20(45)6)33-23-15-25(38)31(41-32(23)43-36(50)44-33)29-24(37)10-9-11-26(29)40-35(49)30(19(4)5)42-34(48)22-12-13-39-27(14-22)18(2)3/h8-15,18-21,30H,1,16-17H2,2-7H3,(H,40,49)(H,42,48)(H,41,43,44,50)/t20-,21+,30?/m1/s1. The Kier molecular flexibility index (Phi) is 10.4. The summed E-state index contributed by atoms with van der Waals surface area (Å²) in [5.74, 6) is -3.31. The van der Waals surface area contributed by atoms with Crippen LogP contribution < -0.4 is 21.2 Å². The number of H-pyrrole nitrogens is 1. The summed E-state index contributed by atoms with van der Waals surface area (Å²) < 4.78 is 31.6. The van der Waals surface area contributed by atoms with E-state index in [0.717, 1.165) is 12.1 Å². The number of aromatic amines is 1. The van der Waals surface area contributed by atoms with Crippen LogP contribution in [0.15, 0.2) is 60.0 Å². The van der Waals surface area contributed by atoms with Crippen LogP contribution in [0.3, 0.4) is 0 Å². The van der Waals surface area contributed by atoms with E-state index in [4.69, 9.17) is 0 Å². The summed E-state index contributed by atoms with van der Waals surface area (Å²) in [6, 6.07) is 6.56. The van der Waals surface area contributed by atoms with Crippen molar-refractivity contribution in [3.63, 3.8) is 0 Å². The molecule has 1 aromatic carbocycles. The van der Waals surface area contributed by atoms with Gasteiger partial charge in [-0.05, 0) is 62.1 Å². The minimum atomic E-state index is -1.04. The first kappa shape index (κ1) is 35.8. The van der Waals surface area contributed by atoms with Crippen molar-refractivity contribution in [1.82, 2.24) is 30.2 Å². The number of rotatable bonds is 9. The van der Waals surface area contributed by atoms with Crippen molar-refractivity contribution < 1.29 is 23.2 Å². The molecule has 4 aromatic rings. The van der Waals surface area contributed by atoms with E-state index in [1.165, 1.54) is 24.4 Å². The number of pyridine rings is 2. The number of halogens is 2. The van der Waals surface area contributed by atoms with Crippen molar-refractivity contribution in [2.45, 2.75) is 65.6 Å². The van der Waals surface area contributed by atoms with Gasteiger partial charge >= 0.3 is 5.69 Å². The molecule has 262 valence electrons. The van der Waals surface area contributed by atoms with E-state index in [-0.39, 0.29) is 57.9 Å². The number of aromatic nitrogens is 4. The molecule has 0 bridgehead atoms. The van der Waals surface area contributed by atoms with Crippen LogP contribution in [0.1, 0.15) is 63.5 Å². The minimum Gasteiger partial charge on any atom is -0.349 e. The summed E-state index contributed by atoms with van der Waals surface area (Å²) in [4.78, 5) is 70.7. The highest BCUT2D eigenvalue weighted by atomic mass is 19.1. The number of fused-ring (bicyclic) bond motifs is 1. The zero-order chi connectivity index (χ0) is 36.4. The Balaban J connectivity index is 1.48. The lowest BCUT2D eigenvalue weighted by atomic mass is 10.0. The summed E-state index contributed by atoms with van der Waals surface area (Å²) in [5, 5.41) is 5.58. The Morgan fingerprint density at radius 2 is 1.76 bits per heavy atom. The van der Waals surface area contributed by atoms with E-state index >= 15 is 8.78 Å². The maximum absolute atomic E-state index is 16.1. The first-order chi connectivity index (χ1) is 23.7. The van der Waals surface area contributed by atoms with Crippen LogP contribution in [0.5, 0.6) is 0 Å². The number of nitrogens with one attached hydrogen (secondary N) is 3. The van der Waals surface area contributed by atoms with Crippen molar-refractivity contribution in [2.24, 2.45) is 5.92 Å². The first-order valence-corrected chi connectivity index (χ1v) is 16.4. The van der Waals surface area contributed by atoms with Crippen LogP contribution in [0.25, 0.3) is 22.3 Å². The van der Waals surface area contributed by atoms with Gasteiger partial charge in [-0.15, -0.1) is 0 Å². The van der Waals surface area contributed by atoms with E-state index in [1.54, 1.807) is 35.8 Å². The number of hydrogen-bond acceptors (Lipinski definition) is 8. The molecule has 5 rings (SSSR count). The van der Waals surface area contributed by atoms with E-state index in [0.29, 0.717) is 24.3 Å². The normalized spacial score (nSPS) is 16.8. The third-order valence-corrected chi connectivity index (χ3v) is 8.74. The largest absolute Gasteiger partial charge is 0.349 e. The molecule has 4 heterocycles. The predicted octanol–water partition coefficient (Wildman–Crippen LogP) is 4.79. The van der Waals surface area contributed by atoms with Gasteiger partial charge in [0.05, 0.1) is 16.6 Å². The summed E-state index contributed by atoms with van der Waals surface area (Å²) in [6.45, 7) is 15.3. The van der Waals surface area contributed by atoms with Gasteiger partial charge in [-0.25, -0.2) is 18.6 Å². The van der Waals surface area contributed by atoms with Gasteiger partial charge in [-0.3, -0.25) is 24.4 Å². The molecule has 1 fully saturated rings. The molecule has 3 aromatic heterocycles. The smallest absolute Gasteiger partial charge is 0.348 e. The molecule has 0 radical (unpaired) electrons. The Hall–Kier alpha value is -5.53. The fourth-order valence-corrected chi connectivity index (χ4v) is 6.02. The minimum absolute atomic E-state index is 0.0492. The van der Waals surface area contributed by atoms with Gasteiger partial charge in [0.15, 0.2) is 5.82 Å². The summed E-state index contributed by atoms with van der Waals surface area (Å²) in [6.07, 6.45) is 2.77. The van der Waals surface area contributed by atoms with Gasteiger partial charge in [0, 0.05) is 42.6 Å². The quantitative estimate of drug-likeness (QED) is 0.213. The highest BCUT2D eigenvalue weighted by molar-refractivity contribution is 6.03. The summed E-state index contributed by atoms with van der Waals surface area (Å²) in [7, 11) is 0. The Labute approximate surface area is 288 Å². The van der Waals surface area contributed by atoms with Crippen LogP contribution in [-0.4, -0.2) is 73.8 Å². The van der Waals surface area contributed by atoms with E-state index in [1.807, 2.05) is 27.7 Å². The van der Waals surface area contributed by atoms with Gasteiger partial charge in [0.25, 0.3) is 5.91 Å². The SMILES string of the molecule is C=CC(=O)N1C[C@H](C)N(c2nc(=O)[nH]c3nc(-c4c(F)cccc4NC(=O)C(NC(=O)c4ccnc(C(C)C)c4)C(C)C)c(F)cc23)C[C@H]1C. The highest BCUT2D eigenvalue weighted by Crippen LogP contribution is 2.35. The number of hydrogen-bond donors (Lipinski definition) is 3. The Morgan fingerprint density at radius 3 is 2.44 bits per heavy atom. The van der Waals surface area contributed by atoms with Crippen molar-refractivity contribution >= 4 is 40.3 Å². The fraction of sp³-hybridized carbons (Fsp3) is 0.361. The third kappa shape index (κ3) is 7.24. The molecule has 0 aliphatic carbocycles. The summed E-state index contributed by atoms with van der Waals surface area (Å²) >= 11 is 0.